The summed E-state index contributed by atoms with van der Waals surface area (Å²) in [4.78, 5) is 2.65. The molecule has 3 aliphatic rings. The number of hydrogen-bond donors (Lipinski definition) is 1. The number of nitrogens with one attached hydrogen (secondary N) is 1. The zero-order chi connectivity index (χ0) is 22.1. The van der Waals surface area contributed by atoms with Gasteiger partial charge in [0.05, 0.1) is 11.3 Å². The average molecular weight is 436 g/mol. The molecule has 7 heteroatoms. The Morgan fingerprint density at radius 1 is 1.16 bits per heavy atom. The fourth-order valence-corrected chi connectivity index (χ4v) is 5.74. The molecule has 3 fully saturated rings. The van der Waals surface area contributed by atoms with Crippen molar-refractivity contribution >= 4 is 5.82 Å². The number of benzene rings is 1. The number of halogens is 1. The predicted octanol–water partition coefficient (Wildman–Crippen LogP) is 4.01. The van der Waals surface area contributed by atoms with Gasteiger partial charge in [0.1, 0.15) is 11.9 Å². The van der Waals surface area contributed by atoms with Gasteiger partial charge in [-0.3, -0.25) is 0 Å². The Labute approximate surface area is 188 Å². The van der Waals surface area contributed by atoms with E-state index in [-0.39, 0.29) is 5.82 Å². The zero-order valence-electron chi connectivity index (χ0n) is 18.6. The molecule has 1 aromatic heterocycles. The maximum atomic E-state index is 13.7. The van der Waals surface area contributed by atoms with Crippen LogP contribution >= 0.6 is 0 Å². The summed E-state index contributed by atoms with van der Waals surface area (Å²) in [6.45, 7) is 7.29. The molecule has 1 aliphatic carbocycles. The number of anilines is 1. The van der Waals surface area contributed by atoms with E-state index in [1.54, 1.807) is 12.1 Å². The Balaban J connectivity index is 1.21. The number of aryl methyl sites for hydroxylation is 1. The fraction of sp³-hybridized carbons (Fsp3) is 0.560. The van der Waals surface area contributed by atoms with Crippen molar-refractivity contribution in [1.82, 2.24) is 15.1 Å². The molecule has 1 aromatic carbocycles. The van der Waals surface area contributed by atoms with E-state index in [0.29, 0.717) is 40.5 Å². The Bertz CT molecular complexity index is 1000. The van der Waals surface area contributed by atoms with Crippen LogP contribution in [0.3, 0.4) is 0 Å². The Hall–Kier alpha value is -2.56. The quantitative estimate of drug-likeness (QED) is 0.765. The summed E-state index contributed by atoms with van der Waals surface area (Å²) in [6.07, 6.45) is 4.59. The van der Waals surface area contributed by atoms with Gasteiger partial charge < -0.3 is 15.0 Å². The molecule has 0 spiro atoms. The van der Waals surface area contributed by atoms with Crippen LogP contribution in [-0.2, 0) is 4.74 Å². The van der Waals surface area contributed by atoms with E-state index in [1.165, 1.54) is 44.6 Å². The maximum Gasteiger partial charge on any atom is 0.166 e. The molecule has 0 unspecified atom stereocenters. The van der Waals surface area contributed by atoms with Crippen LogP contribution in [-0.4, -0.2) is 54.0 Å². The molecule has 0 bridgehead atoms. The standard InChI is InChI=1S/C25H30FN5O/c1-16-2-3-21(26)11-23(16)24-10-18(12-27)25(30-29-24)28-22-8-19-14-31(15-20(19)9-22)13-17-4-6-32-7-5-17/h2-3,10-11,17,19-20,22H,4-9,13-15H2,1H3,(H,28,30)/t19-,20+,22+. The molecule has 5 rings (SSSR count). The Morgan fingerprint density at radius 3 is 2.62 bits per heavy atom. The number of hydrogen-bond acceptors (Lipinski definition) is 6. The minimum atomic E-state index is -0.323. The summed E-state index contributed by atoms with van der Waals surface area (Å²) in [7, 11) is 0. The van der Waals surface area contributed by atoms with E-state index in [2.05, 4.69) is 26.5 Å². The monoisotopic (exact) mass is 435 g/mol. The van der Waals surface area contributed by atoms with Gasteiger partial charge in [-0.05, 0) is 74.1 Å². The summed E-state index contributed by atoms with van der Waals surface area (Å²) < 4.78 is 19.2. The lowest BCUT2D eigenvalue weighted by Gasteiger charge is -2.27. The largest absolute Gasteiger partial charge is 0.381 e. The lowest BCUT2D eigenvalue weighted by molar-refractivity contribution is 0.0545. The average Bonchev–Trinajstić information content (AvgIpc) is 3.34. The SMILES string of the molecule is Cc1ccc(F)cc1-c1cc(C#N)c(N[C@H]2C[C@@H]3CN(CC4CCOCC4)C[C@@H]3C2)nn1. The van der Waals surface area contributed by atoms with Crippen molar-refractivity contribution < 1.29 is 9.13 Å². The van der Waals surface area contributed by atoms with Crippen molar-refractivity contribution in [1.29, 1.82) is 5.26 Å². The number of rotatable bonds is 5. The number of aromatic nitrogens is 2. The summed E-state index contributed by atoms with van der Waals surface area (Å²) in [5, 5.41) is 21.8. The Morgan fingerprint density at radius 2 is 1.91 bits per heavy atom. The maximum absolute atomic E-state index is 13.7. The van der Waals surface area contributed by atoms with E-state index >= 15 is 0 Å². The zero-order valence-corrected chi connectivity index (χ0v) is 18.6. The second kappa shape index (κ2) is 9.13. The first-order chi connectivity index (χ1) is 15.6. The number of fused-ring (bicyclic) bond motifs is 1. The summed E-state index contributed by atoms with van der Waals surface area (Å²) in [6, 6.07) is 8.85. The first-order valence-corrected chi connectivity index (χ1v) is 11.7. The number of ether oxygens (including phenoxy) is 1. The highest BCUT2D eigenvalue weighted by Crippen LogP contribution is 2.40. The van der Waals surface area contributed by atoms with E-state index in [1.807, 2.05) is 6.92 Å². The van der Waals surface area contributed by atoms with Gasteiger partial charge in [0.2, 0.25) is 0 Å². The molecule has 2 aliphatic heterocycles. The van der Waals surface area contributed by atoms with Gasteiger partial charge in [-0.15, -0.1) is 10.2 Å². The second-order valence-electron chi connectivity index (χ2n) is 9.67. The molecule has 168 valence electrons. The third-order valence-electron chi connectivity index (χ3n) is 7.41. The van der Waals surface area contributed by atoms with Gasteiger partial charge in [0.15, 0.2) is 5.82 Å². The van der Waals surface area contributed by atoms with Crippen LogP contribution in [0.5, 0.6) is 0 Å². The molecule has 6 nitrogen and oxygen atoms in total. The van der Waals surface area contributed by atoms with E-state index in [4.69, 9.17) is 4.74 Å². The predicted molar refractivity (Wildman–Crippen MR) is 120 cm³/mol. The highest BCUT2D eigenvalue weighted by atomic mass is 19.1. The number of likely N-dealkylation sites (tertiary alicyclic amines) is 1. The van der Waals surface area contributed by atoms with Crippen LogP contribution in [0.1, 0.15) is 36.8 Å². The van der Waals surface area contributed by atoms with Crippen molar-refractivity contribution in [2.24, 2.45) is 17.8 Å². The lowest BCUT2D eigenvalue weighted by atomic mass is 10.00. The van der Waals surface area contributed by atoms with Gasteiger partial charge in [-0.2, -0.15) is 5.26 Å². The molecule has 0 amide bonds. The number of nitrogens with zero attached hydrogens (tertiary/aromatic N) is 4. The molecule has 3 atom stereocenters. The molecular weight excluding hydrogens is 405 g/mol. The summed E-state index contributed by atoms with van der Waals surface area (Å²) in [5.74, 6) is 2.41. The molecular formula is C25H30FN5O. The van der Waals surface area contributed by atoms with Crippen LogP contribution in [0.4, 0.5) is 10.2 Å². The minimum Gasteiger partial charge on any atom is -0.381 e. The first kappa shape index (κ1) is 21.3. The first-order valence-electron chi connectivity index (χ1n) is 11.7. The van der Waals surface area contributed by atoms with Gasteiger partial charge in [0, 0.05) is 44.5 Å². The summed E-state index contributed by atoms with van der Waals surface area (Å²) in [5.41, 5.74) is 2.55. The van der Waals surface area contributed by atoms with Gasteiger partial charge in [0.25, 0.3) is 0 Å². The second-order valence-corrected chi connectivity index (χ2v) is 9.67. The molecule has 1 saturated carbocycles. The van der Waals surface area contributed by atoms with Gasteiger partial charge >= 0.3 is 0 Å². The van der Waals surface area contributed by atoms with Gasteiger partial charge in [-0.25, -0.2) is 4.39 Å². The fourth-order valence-electron chi connectivity index (χ4n) is 5.74. The van der Waals surface area contributed by atoms with Crippen molar-refractivity contribution in [2.45, 2.75) is 38.6 Å². The molecule has 1 N–H and O–H groups in total. The van der Waals surface area contributed by atoms with Gasteiger partial charge in [-0.1, -0.05) is 6.07 Å². The van der Waals surface area contributed by atoms with E-state index < -0.39 is 0 Å². The Kier molecular flexibility index (Phi) is 6.07. The number of nitriles is 1. The van der Waals surface area contributed by atoms with Crippen molar-refractivity contribution in [3.8, 4) is 17.3 Å². The lowest BCUT2D eigenvalue weighted by Crippen LogP contribution is -2.32. The molecule has 3 heterocycles. The highest BCUT2D eigenvalue weighted by molar-refractivity contribution is 5.67. The van der Waals surface area contributed by atoms with Crippen LogP contribution in [0.25, 0.3) is 11.3 Å². The van der Waals surface area contributed by atoms with E-state index in [9.17, 15) is 9.65 Å². The van der Waals surface area contributed by atoms with Crippen molar-refractivity contribution in [2.75, 3.05) is 38.2 Å². The van der Waals surface area contributed by atoms with Crippen LogP contribution in [0.15, 0.2) is 24.3 Å². The minimum absolute atomic E-state index is 0.318. The third kappa shape index (κ3) is 4.48. The highest BCUT2D eigenvalue weighted by Gasteiger charge is 2.41. The van der Waals surface area contributed by atoms with Crippen molar-refractivity contribution in [3.63, 3.8) is 0 Å². The normalized spacial score (nSPS) is 26.1. The third-order valence-corrected chi connectivity index (χ3v) is 7.41. The van der Waals surface area contributed by atoms with Crippen LogP contribution < -0.4 is 5.32 Å². The van der Waals surface area contributed by atoms with Crippen LogP contribution in [0.2, 0.25) is 0 Å². The van der Waals surface area contributed by atoms with E-state index in [0.717, 1.165) is 37.5 Å². The molecule has 2 aromatic rings. The molecule has 0 radical (unpaired) electrons. The topological polar surface area (TPSA) is 74.1 Å². The smallest absolute Gasteiger partial charge is 0.166 e. The molecule has 32 heavy (non-hydrogen) atoms. The summed E-state index contributed by atoms with van der Waals surface area (Å²) >= 11 is 0. The van der Waals surface area contributed by atoms with Crippen molar-refractivity contribution in [3.05, 3.63) is 41.2 Å². The molecule has 2 saturated heterocycles. The van der Waals surface area contributed by atoms with Crippen LogP contribution in [0, 0.1) is 41.8 Å².